The molecular formula is C15H28N2. The Hall–Kier alpha value is -0.0800. The molecule has 0 amide bonds. The first-order chi connectivity index (χ1) is 8.31. The Balaban J connectivity index is 1.69. The molecule has 2 saturated heterocycles. The van der Waals surface area contributed by atoms with Crippen LogP contribution in [0.15, 0.2) is 0 Å². The maximum atomic E-state index is 3.59. The predicted molar refractivity (Wildman–Crippen MR) is 72.1 cm³/mol. The largest absolute Gasteiger partial charge is 0.316 e. The van der Waals surface area contributed by atoms with E-state index < -0.39 is 0 Å². The van der Waals surface area contributed by atoms with Crippen molar-refractivity contribution in [1.82, 2.24) is 10.2 Å². The third-order valence-electron chi connectivity index (χ3n) is 5.78. The van der Waals surface area contributed by atoms with Crippen molar-refractivity contribution < 1.29 is 0 Å². The highest BCUT2D eigenvalue weighted by molar-refractivity contribution is 5.00. The first-order valence-electron chi connectivity index (χ1n) is 7.77. The van der Waals surface area contributed by atoms with Crippen LogP contribution in [0.4, 0.5) is 0 Å². The van der Waals surface area contributed by atoms with E-state index in [4.69, 9.17) is 0 Å². The van der Waals surface area contributed by atoms with Gasteiger partial charge in [-0.15, -0.1) is 0 Å². The van der Waals surface area contributed by atoms with Gasteiger partial charge in [-0.05, 0) is 57.0 Å². The zero-order valence-electron chi connectivity index (χ0n) is 11.5. The number of rotatable bonds is 3. The van der Waals surface area contributed by atoms with E-state index in [-0.39, 0.29) is 0 Å². The van der Waals surface area contributed by atoms with Crippen molar-refractivity contribution in [3.8, 4) is 0 Å². The zero-order valence-corrected chi connectivity index (χ0v) is 11.5. The maximum absolute atomic E-state index is 3.59. The minimum absolute atomic E-state index is 0.841. The van der Waals surface area contributed by atoms with Gasteiger partial charge in [-0.1, -0.05) is 19.8 Å². The quantitative estimate of drug-likeness (QED) is 0.810. The van der Waals surface area contributed by atoms with Gasteiger partial charge in [0.2, 0.25) is 0 Å². The zero-order chi connectivity index (χ0) is 11.8. The molecule has 0 bridgehead atoms. The fraction of sp³-hybridized carbons (Fsp3) is 1.00. The van der Waals surface area contributed by atoms with Crippen LogP contribution in [0, 0.1) is 17.8 Å². The van der Waals surface area contributed by atoms with Gasteiger partial charge in [0.1, 0.15) is 0 Å². The van der Waals surface area contributed by atoms with Crippen LogP contribution in [0.2, 0.25) is 0 Å². The molecule has 2 heterocycles. The van der Waals surface area contributed by atoms with E-state index in [9.17, 15) is 0 Å². The van der Waals surface area contributed by atoms with Crippen molar-refractivity contribution in [2.75, 3.05) is 19.6 Å². The number of nitrogens with one attached hydrogen (secondary N) is 1. The summed E-state index contributed by atoms with van der Waals surface area (Å²) in [5, 5.41) is 3.59. The number of nitrogens with zero attached hydrogens (tertiary/aromatic N) is 1. The van der Waals surface area contributed by atoms with Crippen molar-refractivity contribution in [2.24, 2.45) is 17.8 Å². The molecule has 3 rings (SSSR count). The van der Waals surface area contributed by atoms with E-state index in [1.54, 1.807) is 0 Å². The summed E-state index contributed by atoms with van der Waals surface area (Å²) in [5.74, 6) is 2.89. The summed E-state index contributed by atoms with van der Waals surface area (Å²) in [6, 6.07) is 1.71. The molecule has 2 heteroatoms. The number of hydrogen-bond donors (Lipinski definition) is 1. The number of fused-ring (bicyclic) bond motifs is 1. The van der Waals surface area contributed by atoms with Crippen molar-refractivity contribution in [1.29, 1.82) is 0 Å². The molecule has 1 saturated carbocycles. The van der Waals surface area contributed by atoms with Crippen LogP contribution in [-0.2, 0) is 0 Å². The molecule has 0 radical (unpaired) electrons. The van der Waals surface area contributed by atoms with Crippen molar-refractivity contribution in [2.45, 2.75) is 58.0 Å². The smallest absolute Gasteiger partial charge is 0.0140 e. The third kappa shape index (κ3) is 2.04. The molecule has 4 atom stereocenters. The lowest BCUT2D eigenvalue weighted by molar-refractivity contribution is 0.122. The van der Waals surface area contributed by atoms with Gasteiger partial charge in [0, 0.05) is 18.6 Å². The summed E-state index contributed by atoms with van der Waals surface area (Å²) in [5.41, 5.74) is 0. The van der Waals surface area contributed by atoms with E-state index in [0.29, 0.717) is 0 Å². The fourth-order valence-electron chi connectivity index (χ4n) is 4.77. The highest BCUT2D eigenvalue weighted by Crippen LogP contribution is 2.39. The predicted octanol–water partition coefficient (Wildman–Crippen LogP) is 2.49. The standard InChI is InChI=1S/C15H28N2/c1-3-15-14-9-16-8-13(14)10-17(15)11(2)12-6-4-5-7-12/h11-16H,3-10H2,1-2H3. The van der Waals surface area contributed by atoms with Gasteiger partial charge in [0.05, 0.1) is 0 Å². The summed E-state index contributed by atoms with van der Waals surface area (Å²) < 4.78 is 0. The van der Waals surface area contributed by atoms with Gasteiger partial charge in [0.25, 0.3) is 0 Å². The Kier molecular flexibility index (Phi) is 3.45. The first kappa shape index (κ1) is 12.0. The van der Waals surface area contributed by atoms with Crippen LogP contribution in [-0.4, -0.2) is 36.6 Å². The van der Waals surface area contributed by atoms with Crippen LogP contribution in [0.3, 0.4) is 0 Å². The topological polar surface area (TPSA) is 15.3 Å². The summed E-state index contributed by atoms with van der Waals surface area (Å²) in [4.78, 5) is 2.88. The van der Waals surface area contributed by atoms with E-state index in [2.05, 4.69) is 24.1 Å². The lowest BCUT2D eigenvalue weighted by Gasteiger charge is -2.35. The van der Waals surface area contributed by atoms with Crippen LogP contribution >= 0.6 is 0 Å². The Morgan fingerprint density at radius 1 is 1.24 bits per heavy atom. The van der Waals surface area contributed by atoms with E-state index in [1.807, 2.05) is 0 Å². The second kappa shape index (κ2) is 4.89. The van der Waals surface area contributed by atoms with Crippen LogP contribution in [0.1, 0.15) is 46.0 Å². The van der Waals surface area contributed by atoms with Crippen molar-refractivity contribution >= 4 is 0 Å². The average Bonchev–Trinajstić information content (AvgIpc) is 3.03. The SMILES string of the molecule is CCC1C2CNCC2CN1C(C)C1CCCC1. The molecule has 2 aliphatic heterocycles. The lowest BCUT2D eigenvalue weighted by Crippen LogP contribution is -2.44. The monoisotopic (exact) mass is 236 g/mol. The van der Waals surface area contributed by atoms with Crippen molar-refractivity contribution in [3.63, 3.8) is 0 Å². The highest BCUT2D eigenvalue weighted by atomic mass is 15.2. The fourth-order valence-corrected chi connectivity index (χ4v) is 4.77. The molecule has 0 aromatic rings. The Morgan fingerprint density at radius 2 is 2.00 bits per heavy atom. The molecule has 1 aliphatic carbocycles. The molecule has 1 N–H and O–H groups in total. The number of hydrogen-bond acceptors (Lipinski definition) is 2. The van der Waals surface area contributed by atoms with Gasteiger partial charge in [-0.2, -0.15) is 0 Å². The molecular weight excluding hydrogens is 208 g/mol. The lowest BCUT2D eigenvalue weighted by atomic mass is 9.92. The summed E-state index contributed by atoms with van der Waals surface area (Å²) in [6.07, 6.45) is 7.28. The molecule has 0 spiro atoms. The Bertz CT molecular complexity index is 260. The van der Waals surface area contributed by atoms with Gasteiger partial charge in [-0.25, -0.2) is 0 Å². The molecule has 0 aromatic heterocycles. The van der Waals surface area contributed by atoms with Gasteiger partial charge in [0.15, 0.2) is 0 Å². The molecule has 2 nitrogen and oxygen atoms in total. The minimum Gasteiger partial charge on any atom is -0.316 e. The number of likely N-dealkylation sites (tertiary alicyclic amines) is 1. The van der Waals surface area contributed by atoms with Crippen LogP contribution < -0.4 is 5.32 Å². The maximum Gasteiger partial charge on any atom is 0.0140 e. The molecule has 3 fully saturated rings. The minimum atomic E-state index is 0.841. The normalized spacial score (nSPS) is 40.9. The first-order valence-corrected chi connectivity index (χ1v) is 7.77. The van der Waals surface area contributed by atoms with Gasteiger partial charge in [-0.3, -0.25) is 4.90 Å². The summed E-state index contributed by atoms with van der Waals surface area (Å²) >= 11 is 0. The van der Waals surface area contributed by atoms with Gasteiger partial charge < -0.3 is 5.32 Å². The summed E-state index contributed by atoms with van der Waals surface area (Å²) in [7, 11) is 0. The van der Waals surface area contributed by atoms with Crippen molar-refractivity contribution in [3.05, 3.63) is 0 Å². The highest BCUT2D eigenvalue weighted by Gasteiger charge is 2.45. The van der Waals surface area contributed by atoms with Gasteiger partial charge >= 0.3 is 0 Å². The van der Waals surface area contributed by atoms with E-state index in [1.165, 1.54) is 51.7 Å². The van der Waals surface area contributed by atoms with E-state index in [0.717, 1.165) is 29.8 Å². The van der Waals surface area contributed by atoms with Crippen LogP contribution in [0.25, 0.3) is 0 Å². The molecule has 0 aromatic carbocycles. The molecule has 4 unspecified atom stereocenters. The molecule has 17 heavy (non-hydrogen) atoms. The van der Waals surface area contributed by atoms with Crippen LogP contribution in [0.5, 0.6) is 0 Å². The Morgan fingerprint density at radius 3 is 2.71 bits per heavy atom. The summed E-state index contributed by atoms with van der Waals surface area (Å²) in [6.45, 7) is 8.81. The molecule has 3 aliphatic rings. The van der Waals surface area contributed by atoms with E-state index >= 15 is 0 Å². The average molecular weight is 236 g/mol. The third-order valence-corrected chi connectivity index (χ3v) is 5.78. The second-order valence-corrected chi connectivity index (χ2v) is 6.54. The Labute approximate surface area is 106 Å². The second-order valence-electron chi connectivity index (χ2n) is 6.54. The molecule has 98 valence electrons.